The van der Waals surface area contributed by atoms with E-state index in [4.69, 9.17) is 11.7 Å². The molecular formula is C12H12N6S. The molecule has 0 saturated carbocycles. The van der Waals surface area contributed by atoms with Crippen LogP contribution in [0.3, 0.4) is 0 Å². The SMILES string of the molecule is N/N=C(\NN)c1ccc2[nH]nc(-c3cccs3)c2c1. The van der Waals surface area contributed by atoms with Crippen molar-refractivity contribution in [2.24, 2.45) is 16.8 Å². The third kappa shape index (κ3) is 1.94. The summed E-state index contributed by atoms with van der Waals surface area (Å²) in [5.74, 6) is 11.1. The smallest absolute Gasteiger partial charge is 0.166 e. The quantitative estimate of drug-likeness (QED) is 0.245. The van der Waals surface area contributed by atoms with Crippen molar-refractivity contribution in [3.05, 3.63) is 41.3 Å². The number of nitrogens with zero attached hydrogens (tertiary/aromatic N) is 2. The Hall–Kier alpha value is -2.38. The summed E-state index contributed by atoms with van der Waals surface area (Å²) in [7, 11) is 0. The molecular weight excluding hydrogens is 260 g/mol. The van der Waals surface area contributed by atoms with Crippen LogP contribution in [0.15, 0.2) is 40.8 Å². The van der Waals surface area contributed by atoms with Gasteiger partial charge in [0.2, 0.25) is 0 Å². The molecule has 0 radical (unpaired) electrons. The van der Waals surface area contributed by atoms with Gasteiger partial charge in [-0.25, -0.2) is 5.84 Å². The molecule has 6 nitrogen and oxygen atoms in total. The van der Waals surface area contributed by atoms with Gasteiger partial charge in [-0.05, 0) is 29.6 Å². The molecule has 0 saturated heterocycles. The molecule has 0 atom stereocenters. The Morgan fingerprint density at radius 1 is 1.37 bits per heavy atom. The summed E-state index contributed by atoms with van der Waals surface area (Å²) in [4.78, 5) is 1.11. The number of rotatable bonds is 2. The fourth-order valence-corrected chi connectivity index (χ4v) is 2.69. The summed E-state index contributed by atoms with van der Waals surface area (Å²) in [6, 6.07) is 9.80. The molecule has 0 spiro atoms. The molecule has 19 heavy (non-hydrogen) atoms. The minimum Gasteiger partial charge on any atom is -0.321 e. The summed E-state index contributed by atoms with van der Waals surface area (Å²) >= 11 is 1.64. The fourth-order valence-electron chi connectivity index (χ4n) is 1.96. The molecule has 0 amide bonds. The molecule has 0 aliphatic heterocycles. The van der Waals surface area contributed by atoms with E-state index in [2.05, 4.69) is 20.7 Å². The van der Waals surface area contributed by atoms with Gasteiger partial charge in [-0.15, -0.1) is 11.3 Å². The van der Waals surface area contributed by atoms with E-state index >= 15 is 0 Å². The highest BCUT2D eigenvalue weighted by Crippen LogP contribution is 2.30. The number of hydrogen-bond acceptors (Lipinski definition) is 5. The first-order chi connectivity index (χ1) is 9.33. The number of aromatic nitrogens is 2. The highest BCUT2D eigenvalue weighted by Gasteiger charge is 2.11. The Morgan fingerprint density at radius 3 is 2.95 bits per heavy atom. The average molecular weight is 272 g/mol. The van der Waals surface area contributed by atoms with E-state index in [1.807, 2.05) is 35.7 Å². The number of benzene rings is 1. The second-order valence-corrected chi connectivity index (χ2v) is 4.88. The predicted molar refractivity (Wildman–Crippen MR) is 77.5 cm³/mol. The van der Waals surface area contributed by atoms with Crippen LogP contribution in [-0.2, 0) is 0 Å². The molecule has 3 rings (SSSR count). The summed E-state index contributed by atoms with van der Waals surface area (Å²) < 4.78 is 0. The number of hydrazine groups is 1. The van der Waals surface area contributed by atoms with Crippen LogP contribution in [-0.4, -0.2) is 16.0 Å². The molecule has 7 heteroatoms. The maximum absolute atomic E-state index is 5.39. The molecule has 6 N–H and O–H groups in total. The maximum Gasteiger partial charge on any atom is 0.166 e. The van der Waals surface area contributed by atoms with Crippen molar-refractivity contribution in [3.63, 3.8) is 0 Å². The molecule has 0 aliphatic carbocycles. The molecule has 96 valence electrons. The first-order valence-corrected chi connectivity index (χ1v) is 6.48. The summed E-state index contributed by atoms with van der Waals surface area (Å²) in [6.07, 6.45) is 0. The zero-order valence-electron chi connectivity index (χ0n) is 9.92. The Morgan fingerprint density at radius 2 is 2.26 bits per heavy atom. The first kappa shape index (κ1) is 11.7. The van der Waals surface area contributed by atoms with Crippen molar-refractivity contribution >= 4 is 28.1 Å². The van der Waals surface area contributed by atoms with Gasteiger partial charge < -0.3 is 11.3 Å². The van der Waals surface area contributed by atoms with Crippen LogP contribution in [0.4, 0.5) is 0 Å². The topological polar surface area (TPSA) is 105 Å². The zero-order valence-corrected chi connectivity index (χ0v) is 10.7. The number of fused-ring (bicyclic) bond motifs is 1. The molecule has 0 bridgehead atoms. The van der Waals surface area contributed by atoms with Gasteiger partial charge in [0.25, 0.3) is 0 Å². The standard InChI is InChI=1S/C12H12N6S/c13-15-12(16-14)7-3-4-9-8(6-7)11(18-17-9)10-2-1-5-19-10/h1-6H,13-14H2,(H,15,16)(H,17,18). The van der Waals surface area contributed by atoms with E-state index in [0.29, 0.717) is 5.84 Å². The monoisotopic (exact) mass is 272 g/mol. The van der Waals surface area contributed by atoms with Gasteiger partial charge in [0.05, 0.1) is 10.4 Å². The lowest BCUT2D eigenvalue weighted by Crippen LogP contribution is -2.31. The Bertz CT molecular complexity index is 728. The van der Waals surface area contributed by atoms with Crippen molar-refractivity contribution in [3.8, 4) is 10.6 Å². The van der Waals surface area contributed by atoms with E-state index in [1.54, 1.807) is 11.3 Å². The number of nitrogens with two attached hydrogens (primary N) is 2. The van der Waals surface area contributed by atoms with E-state index in [1.165, 1.54) is 0 Å². The molecule has 0 aliphatic rings. The fraction of sp³-hybridized carbons (Fsp3) is 0. The van der Waals surface area contributed by atoms with Crippen LogP contribution in [0, 0.1) is 0 Å². The molecule has 0 fully saturated rings. The lowest BCUT2D eigenvalue weighted by molar-refractivity contribution is 1.00. The van der Waals surface area contributed by atoms with Gasteiger partial charge in [0, 0.05) is 10.9 Å². The first-order valence-electron chi connectivity index (χ1n) is 5.60. The highest BCUT2D eigenvalue weighted by molar-refractivity contribution is 7.13. The van der Waals surface area contributed by atoms with Crippen LogP contribution in [0.5, 0.6) is 0 Å². The maximum atomic E-state index is 5.39. The third-order valence-corrected chi connectivity index (χ3v) is 3.73. The second-order valence-electron chi connectivity index (χ2n) is 3.93. The number of amidine groups is 1. The molecule has 3 aromatic rings. The molecule has 2 aromatic heterocycles. The number of aromatic amines is 1. The van der Waals surface area contributed by atoms with Crippen LogP contribution in [0.25, 0.3) is 21.5 Å². The normalized spacial score (nSPS) is 11.9. The Kier molecular flexibility index (Phi) is 2.90. The summed E-state index contributed by atoms with van der Waals surface area (Å²) in [5.41, 5.74) is 5.17. The van der Waals surface area contributed by atoms with Gasteiger partial charge in [0.15, 0.2) is 5.84 Å². The molecule has 2 heterocycles. The van der Waals surface area contributed by atoms with E-state index < -0.39 is 0 Å². The summed E-state index contributed by atoms with van der Waals surface area (Å²) in [6.45, 7) is 0. The number of hydrogen-bond donors (Lipinski definition) is 4. The summed E-state index contributed by atoms with van der Waals surface area (Å²) in [5, 5.41) is 14.0. The van der Waals surface area contributed by atoms with Crippen LogP contribution in [0.1, 0.15) is 5.56 Å². The number of nitrogens with one attached hydrogen (secondary N) is 2. The van der Waals surface area contributed by atoms with Gasteiger partial charge in [-0.1, -0.05) is 6.07 Å². The van der Waals surface area contributed by atoms with Crippen molar-refractivity contribution in [1.82, 2.24) is 15.6 Å². The van der Waals surface area contributed by atoms with Crippen molar-refractivity contribution < 1.29 is 0 Å². The van der Waals surface area contributed by atoms with Crippen molar-refractivity contribution in [2.45, 2.75) is 0 Å². The van der Waals surface area contributed by atoms with Gasteiger partial charge in [0.1, 0.15) is 5.69 Å². The molecule has 1 aromatic carbocycles. The van der Waals surface area contributed by atoms with E-state index in [-0.39, 0.29) is 0 Å². The number of H-pyrrole nitrogens is 1. The van der Waals surface area contributed by atoms with Gasteiger partial charge in [-0.3, -0.25) is 5.10 Å². The van der Waals surface area contributed by atoms with Crippen molar-refractivity contribution in [1.29, 1.82) is 0 Å². The average Bonchev–Trinajstić information content (AvgIpc) is 3.08. The van der Waals surface area contributed by atoms with Crippen molar-refractivity contribution in [2.75, 3.05) is 0 Å². The highest BCUT2D eigenvalue weighted by atomic mass is 32.1. The van der Waals surface area contributed by atoms with Crippen LogP contribution >= 0.6 is 11.3 Å². The van der Waals surface area contributed by atoms with Crippen LogP contribution in [0.2, 0.25) is 0 Å². The Balaban J connectivity index is 2.19. The predicted octanol–water partition coefficient (Wildman–Crippen LogP) is 1.38. The molecule has 0 unspecified atom stereocenters. The Labute approximate surface area is 113 Å². The van der Waals surface area contributed by atoms with Crippen LogP contribution < -0.4 is 17.1 Å². The second kappa shape index (κ2) is 4.71. The lowest BCUT2D eigenvalue weighted by atomic mass is 10.1. The van der Waals surface area contributed by atoms with E-state index in [9.17, 15) is 0 Å². The van der Waals surface area contributed by atoms with Gasteiger partial charge in [-0.2, -0.15) is 10.2 Å². The third-order valence-electron chi connectivity index (χ3n) is 2.86. The zero-order chi connectivity index (χ0) is 13.2. The minimum atomic E-state index is 0.431. The number of thiophene rings is 1. The lowest BCUT2D eigenvalue weighted by Gasteiger charge is -2.04. The number of hydrazone groups is 1. The minimum absolute atomic E-state index is 0.431. The largest absolute Gasteiger partial charge is 0.321 e. The van der Waals surface area contributed by atoms with E-state index in [0.717, 1.165) is 27.0 Å². The van der Waals surface area contributed by atoms with Gasteiger partial charge >= 0.3 is 0 Å².